The Bertz CT molecular complexity index is 341. The third kappa shape index (κ3) is 2.49. The normalized spacial score (nSPS) is 22.1. The molecule has 0 saturated carbocycles. The van der Waals surface area contributed by atoms with Crippen molar-refractivity contribution in [3.8, 4) is 0 Å². The monoisotopic (exact) mass is 231 g/mol. The maximum absolute atomic E-state index is 12.2. The fourth-order valence-electron chi connectivity index (χ4n) is 1.80. The van der Waals surface area contributed by atoms with Gasteiger partial charge in [-0.05, 0) is 19.4 Å². The van der Waals surface area contributed by atoms with Crippen LogP contribution in [0.3, 0.4) is 0 Å². The van der Waals surface area contributed by atoms with E-state index in [0.717, 1.165) is 31.4 Å². The summed E-state index contributed by atoms with van der Waals surface area (Å²) in [4.78, 5) is 6.70. The zero-order chi connectivity index (χ0) is 11.6. The fraction of sp³-hybridized carbons (Fsp3) is 0.600. The first-order chi connectivity index (χ1) is 7.57. The average Bonchev–Trinajstić information content (AvgIpc) is 2.29. The second-order valence-electron chi connectivity index (χ2n) is 3.84. The molecule has 1 aromatic rings. The van der Waals surface area contributed by atoms with Gasteiger partial charge in [0.1, 0.15) is 0 Å². The Kier molecular flexibility index (Phi) is 3.09. The molecular formula is C10H12F3N3. The Hall–Kier alpha value is -1.17. The topological polar surface area (TPSA) is 37.8 Å². The molecule has 1 aliphatic rings. The van der Waals surface area contributed by atoms with E-state index in [1.165, 1.54) is 12.4 Å². The van der Waals surface area contributed by atoms with Crippen LogP contribution in [0.2, 0.25) is 0 Å². The summed E-state index contributed by atoms with van der Waals surface area (Å²) in [7, 11) is 0. The van der Waals surface area contributed by atoms with Crippen LogP contribution in [0, 0.1) is 0 Å². The van der Waals surface area contributed by atoms with E-state index in [9.17, 15) is 13.2 Å². The highest BCUT2D eigenvalue weighted by molar-refractivity contribution is 5.12. The van der Waals surface area contributed by atoms with E-state index in [2.05, 4.69) is 15.3 Å². The first-order valence-electron chi connectivity index (χ1n) is 5.20. The van der Waals surface area contributed by atoms with Gasteiger partial charge in [-0.25, -0.2) is 9.97 Å². The summed E-state index contributed by atoms with van der Waals surface area (Å²) in [5.41, 5.74) is 0.729. The van der Waals surface area contributed by atoms with Crippen LogP contribution in [0.5, 0.6) is 0 Å². The van der Waals surface area contributed by atoms with Crippen LogP contribution in [-0.2, 0) is 6.18 Å². The van der Waals surface area contributed by atoms with E-state index >= 15 is 0 Å². The minimum absolute atomic E-state index is 0.0935. The van der Waals surface area contributed by atoms with Crippen molar-refractivity contribution in [1.29, 1.82) is 0 Å². The summed E-state index contributed by atoms with van der Waals surface area (Å²) in [5.74, 6) is -1.08. The number of nitrogens with one attached hydrogen (secondary N) is 1. The molecule has 1 saturated heterocycles. The van der Waals surface area contributed by atoms with Crippen molar-refractivity contribution >= 4 is 0 Å². The molecule has 0 aromatic carbocycles. The summed E-state index contributed by atoms with van der Waals surface area (Å²) in [6.07, 6.45) is 1.18. The molecule has 88 valence electrons. The Labute approximate surface area is 91.1 Å². The van der Waals surface area contributed by atoms with Gasteiger partial charge < -0.3 is 5.32 Å². The fourth-order valence-corrected chi connectivity index (χ4v) is 1.80. The van der Waals surface area contributed by atoms with Crippen molar-refractivity contribution < 1.29 is 13.2 Å². The molecule has 1 aliphatic heterocycles. The Balaban J connectivity index is 2.12. The number of halogens is 3. The predicted octanol–water partition coefficient (Wildman–Crippen LogP) is 2.31. The maximum Gasteiger partial charge on any atom is 0.451 e. The predicted molar refractivity (Wildman–Crippen MR) is 51.6 cm³/mol. The lowest BCUT2D eigenvalue weighted by atomic mass is 10.00. The largest absolute Gasteiger partial charge is 0.451 e. The Morgan fingerprint density at radius 1 is 1.19 bits per heavy atom. The van der Waals surface area contributed by atoms with Gasteiger partial charge in [0.05, 0.1) is 0 Å². The van der Waals surface area contributed by atoms with Crippen molar-refractivity contribution in [1.82, 2.24) is 15.3 Å². The Morgan fingerprint density at radius 3 is 2.38 bits per heavy atom. The third-order valence-corrected chi connectivity index (χ3v) is 2.64. The molecule has 1 aromatic heterocycles. The van der Waals surface area contributed by atoms with E-state index in [4.69, 9.17) is 0 Å². The molecule has 0 bridgehead atoms. The van der Waals surface area contributed by atoms with E-state index in [1.807, 2.05) is 0 Å². The van der Waals surface area contributed by atoms with Gasteiger partial charge in [0.25, 0.3) is 0 Å². The number of hydrogen-bond acceptors (Lipinski definition) is 3. The second kappa shape index (κ2) is 4.37. The maximum atomic E-state index is 12.2. The zero-order valence-electron chi connectivity index (χ0n) is 8.59. The number of rotatable bonds is 1. The second-order valence-corrected chi connectivity index (χ2v) is 3.84. The molecule has 16 heavy (non-hydrogen) atoms. The van der Waals surface area contributed by atoms with Crippen LogP contribution in [0.15, 0.2) is 12.4 Å². The van der Waals surface area contributed by atoms with Crippen molar-refractivity contribution in [2.45, 2.75) is 31.5 Å². The molecule has 0 aliphatic carbocycles. The van der Waals surface area contributed by atoms with Gasteiger partial charge in [-0.2, -0.15) is 13.2 Å². The lowest BCUT2D eigenvalue weighted by Crippen LogP contribution is -2.27. The van der Waals surface area contributed by atoms with Crippen LogP contribution in [0.25, 0.3) is 0 Å². The summed E-state index contributed by atoms with van der Waals surface area (Å²) < 4.78 is 36.7. The molecule has 1 fully saturated rings. The van der Waals surface area contributed by atoms with E-state index < -0.39 is 12.0 Å². The highest BCUT2D eigenvalue weighted by atomic mass is 19.4. The molecule has 1 unspecified atom stereocenters. The van der Waals surface area contributed by atoms with Gasteiger partial charge in [-0.1, -0.05) is 6.42 Å². The van der Waals surface area contributed by atoms with Crippen molar-refractivity contribution in [2.24, 2.45) is 0 Å². The zero-order valence-corrected chi connectivity index (χ0v) is 8.59. The van der Waals surface area contributed by atoms with Gasteiger partial charge in [-0.3, -0.25) is 0 Å². The van der Waals surface area contributed by atoms with Gasteiger partial charge >= 0.3 is 6.18 Å². The van der Waals surface area contributed by atoms with Gasteiger partial charge in [-0.15, -0.1) is 0 Å². The van der Waals surface area contributed by atoms with Crippen LogP contribution in [0.1, 0.15) is 36.7 Å². The third-order valence-electron chi connectivity index (χ3n) is 2.64. The molecule has 0 radical (unpaired) electrons. The van der Waals surface area contributed by atoms with Gasteiger partial charge in [0.15, 0.2) is 0 Å². The van der Waals surface area contributed by atoms with E-state index in [0.29, 0.717) is 0 Å². The molecule has 0 amide bonds. The lowest BCUT2D eigenvalue weighted by Gasteiger charge is -2.23. The molecule has 1 atom stereocenters. The number of piperidine rings is 1. The molecule has 1 N–H and O–H groups in total. The number of hydrogen-bond donors (Lipinski definition) is 1. The molecule has 2 heterocycles. The molecule has 3 nitrogen and oxygen atoms in total. The minimum Gasteiger partial charge on any atom is -0.310 e. The van der Waals surface area contributed by atoms with Gasteiger partial charge in [0.2, 0.25) is 5.82 Å². The molecule has 2 rings (SSSR count). The van der Waals surface area contributed by atoms with E-state index in [1.54, 1.807) is 0 Å². The highest BCUT2D eigenvalue weighted by Crippen LogP contribution is 2.27. The minimum atomic E-state index is -4.46. The molecule has 0 spiro atoms. The number of aromatic nitrogens is 2. The van der Waals surface area contributed by atoms with Crippen LogP contribution in [-0.4, -0.2) is 16.5 Å². The summed E-state index contributed by atoms with van der Waals surface area (Å²) >= 11 is 0. The van der Waals surface area contributed by atoms with E-state index in [-0.39, 0.29) is 6.04 Å². The van der Waals surface area contributed by atoms with Crippen molar-refractivity contribution in [2.75, 3.05) is 6.54 Å². The summed E-state index contributed by atoms with van der Waals surface area (Å²) in [5, 5.41) is 3.23. The first-order valence-corrected chi connectivity index (χ1v) is 5.20. The Morgan fingerprint density at radius 2 is 1.88 bits per heavy atom. The molecular weight excluding hydrogens is 219 g/mol. The van der Waals surface area contributed by atoms with Gasteiger partial charge in [0, 0.05) is 24.0 Å². The van der Waals surface area contributed by atoms with Crippen LogP contribution >= 0.6 is 0 Å². The van der Waals surface area contributed by atoms with Crippen LogP contribution in [0.4, 0.5) is 13.2 Å². The lowest BCUT2D eigenvalue weighted by molar-refractivity contribution is -0.145. The molecule has 6 heteroatoms. The van der Waals surface area contributed by atoms with Crippen molar-refractivity contribution in [3.05, 3.63) is 23.8 Å². The summed E-state index contributed by atoms with van der Waals surface area (Å²) in [6.45, 7) is 0.895. The van der Waals surface area contributed by atoms with Crippen LogP contribution < -0.4 is 5.32 Å². The number of nitrogens with zero attached hydrogens (tertiary/aromatic N) is 2. The van der Waals surface area contributed by atoms with Crippen molar-refractivity contribution in [3.63, 3.8) is 0 Å². The smallest absolute Gasteiger partial charge is 0.310 e. The first kappa shape index (κ1) is 11.3. The number of alkyl halides is 3. The highest BCUT2D eigenvalue weighted by Gasteiger charge is 2.34. The SMILES string of the molecule is FC(F)(F)c1ncc(C2CCCCN2)cn1. The quantitative estimate of drug-likeness (QED) is 0.806. The standard InChI is InChI=1S/C10H12F3N3/c11-10(12,13)9-15-5-7(6-16-9)8-3-1-2-4-14-8/h5-6,8,14H,1-4H2. The average molecular weight is 231 g/mol. The summed E-state index contributed by atoms with van der Waals surface area (Å²) in [6, 6.07) is 0.0935.